The molecule has 0 aromatic heterocycles. The van der Waals surface area contributed by atoms with Crippen LogP contribution in [0.15, 0.2) is 0 Å². The van der Waals surface area contributed by atoms with Crippen LogP contribution in [0.4, 0.5) is 0 Å². The number of aliphatic hydroxyl groups is 2. The number of aliphatic hydroxyl groups excluding tert-OH is 2. The zero-order valence-electron chi connectivity index (χ0n) is 9.48. The van der Waals surface area contributed by atoms with E-state index in [4.69, 9.17) is 19.9 Å². The van der Waals surface area contributed by atoms with Crippen LogP contribution in [0.3, 0.4) is 0 Å². The van der Waals surface area contributed by atoms with Gasteiger partial charge in [0.15, 0.2) is 0 Å². The zero-order valence-corrected chi connectivity index (χ0v) is 9.48. The molecule has 0 bridgehead atoms. The molecule has 0 amide bonds. The summed E-state index contributed by atoms with van der Waals surface area (Å²) in [4.78, 5) is 11.8. The van der Waals surface area contributed by atoms with Crippen molar-refractivity contribution < 1.29 is 19.9 Å². The quantitative estimate of drug-likeness (QED) is 0.330. The first-order valence-electron chi connectivity index (χ1n) is 5.17. The molecule has 3 N–H and O–H groups in total. The second-order valence-corrected chi connectivity index (χ2v) is 3.39. The fraction of sp³-hybridized carbons (Fsp3) is 1.00. The van der Waals surface area contributed by atoms with Gasteiger partial charge in [0.05, 0.1) is 25.9 Å². The highest BCUT2D eigenvalue weighted by Gasteiger charge is 2.02. The third-order valence-corrected chi connectivity index (χ3v) is 1.68. The van der Waals surface area contributed by atoms with Crippen molar-refractivity contribution >= 4 is 0 Å². The van der Waals surface area contributed by atoms with E-state index in [9.17, 15) is 0 Å². The maximum absolute atomic E-state index is 8.73. The summed E-state index contributed by atoms with van der Waals surface area (Å²) >= 11 is 0. The molecule has 0 fully saturated rings. The van der Waals surface area contributed by atoms with Gasteiger partial charge in [0.25, 0.3) is 0 Å². The molecule has 0 aliphatic heterocycles. The maximum Gasteiger partial charge on any atom is 0.0836 e. The Bertz CT molecular complexity index is 129. The van der Waals surface area contributed by atoms with Crippen LogP contribution < -0.4 is 5.64 Å². The molecule has 0 aliphatic rings. The van der Waals surface area contributed by atoms with Crippen LogP contribution in [-0.2, 0) is 9.68 Å². The van der Waals surface area contributed by atoms with Gasteiger partial charge in [0.1, 0.15) is 0 Å². The second kappa shape index (κ2) is 10.3. The molecular formula is C9H22N2O4. The lowest BCUT2D eigenvalue weighted by Gasteiger charge is -2.19. The number of rotatable bonds is 10. The van der Waals surface area contributed by atoms with Crippen molar-refractivity contribution in [3.05, 3.63) is 0 Å². The lowest BCUT2D eigenvalue weighted by molar-refractivity contribution is -0.192. The van der Waals surface area contributed by atoms with Gasteiger partial charge < -0.3 is 10.2 Å². The van der Waals surface area contributed by atoms with E-state index in [1.54, 1.807) is 0 Å². The van der Waals surface area contributed by atoms with Gasteiger partial charge in [-0.2, -0.15) is 0 Å². The van der Waals surface area contributed by atoms with Gasteiger partial charge in [-0.25, -0.2) is 0 Å². The normalized spacial score (nSPS) is 11.6. The van der Waals surface area contributed by atoms with E-state index in [2.05, 4.69) is 5.64 Å². The summed E-state index contributed by atoms with van der Waals surface area (Å²) in [7, 11) is 0. The molecule has 92 valence electrons. The van der Waals surface area contributed by atoms with Crippen molar-refractivity contribution in [1.82, 2.24) is 10.5 Å². The SMILES string of the molecule is CC(C)ONOCCN(CCO)CCO. The molecule has 6 nitrogen and oxygen atoms in total. The maximum atomic E-state index is 8.73. The van der Waals surface area contributed by atoms with Gasteiger partial charge in [-0.05, 0) is 13.8 Å². The third kappa shape index (κ3) is 10.1. The summed E-state index contributed by atoms with van der Waals surface area (Å²) in [6.07, 6.45) is 0.0657. The van der Waals surface area contributed by atoms with Crippen LogP contribution in [0.2, 0.25) is 0 Å². The summed E-state index contributed by atoms with van der Waals surface area (Å²) in [5.41, 5.74) is 2.37. The minimum Gasteiger partial charge on any atom is -0.395 e. The molecule has 0 unspecified atom stereocenters. The lowest BCUT2D eigenvalue weighted by Crippen LogP contribution is -2.34. The fourth-order valence-corrected chi connectivity index (χ4v) is 0.965. The first kappa shape index (κ1) is 14.8. The van der Waals surface area contributed by atoms with E-state index in [0.29, 0.717) is 26.2 Å². The van der Waals surface area contributed by atoms with Gasteiger partial charge in [0.2, 0.25) is 0 Å². The van der Waals surface area contributed by atoms with Crippen LogP contribution in [0.5, 0.6) is 0 Å². The molecule has 0 rings (SSSR count). The summed E-state index contributed by atoms with van der Waals surface area (Å²) in [6.45, 7) is 6.08. The molecule has 6 heteroatoms. The van der Waals surface area contributed by atoms with Gasteiger partial charge >= 0.3 is 0 Å². The van der Waals surface area contributed by atoms with Gasteiger partial charge in [-0.3, -0.25) is 14.6 Å². The fourth-order valence-electron chi connectivity index (χ4n) is 0.965. The molecule has 0 heterocycles. The Hall–Kier alpha value is -0.240. The highest BCUT2D eigenvalue weighted by atomic mass is 16.9. The Kier molecular flexibility index (Phi) is 10.1. The largest absolute Gasteiger partial charge is 0.395 e. The van der Waals surface area contributed by atoms with E-state index in [1.807, 2.05) is 18.7 Å². The summed E-state index contributed by atoms with van der Waals surface area (Å²) in [5, 5.41) is 17.5. The second-order valence-electron chi connectivity index (χ2n) is 3.39. The molecule has 0 spiro atoms. The van der Waals surface area contributed by atoms with Crippen LogP contribution in [0.1, 0.15) is 13.8 Å². The van der Waals surface area contributed by atoms with Crippen molar-refractivity contribution in [3.63, 3.8) is 0 Å². The first-order chi connectivity index (χ1) is 7.20. The Balaban J connectivity index is 3.36. The molecule has 0 saturated heterocycles. The molecule has 0 aliphatic carbocycles. The van der Waals surface area contributed by atoms with Crippen LogP contribution in [0, 0.1) is 0 Å². The number of hydrogen-bond donors (Lipinski definition) is 3. The van der Waals surface area contributed by atoms with E-state index in [0.717, 1.165) is 0 Å². The third-order valence-electron chi connectivity index (χ3n) is 1.68. The number of hydrogen-bond acceptors (Lipinski definition) is 6. The van der Waals surface area contributed by atoms with Crippen molar-refractivity contribution in [1.29, 1.82) is 0 Å². The Labute approximate surface area is 90.7 Å². The van der Waals surface area contributed by atoms with Crippen molar-refractivity contribution in [2.75, 3.05) is 39.5 Å². The molecule has 0 saturated carbocycles. The van der Waals surface area contributed by atoms with Gasteiger partial charge in [-0.1, -0.05) is 5.64 Å². The summed E-state index contributed by atoms with van der Waals surface area (Å²) in [5.74, 6) is 0. The first-order valence-corrected chi connectivity index (χ1v) is 5.17. The van der Waals surface area contributed by atoms with E-state index >= 15 is 0 Å². The summed E-state index contributed by atoms with van der Waals surface area (Å²) in [6, 6.07) is 0. The molecular weight excluding hydrogens is 200 g/mol. The standard InChI is InChI=1S/C9H22N2O4/c1-9(2)15-10-14-8-5-11(3-6-12)4-7-13/h9-10,12-13H,3-8H2,1-2H3. The molecule has 0 radical (unpaired) electrons. The highest BCUT2D eigenvalue weighted by molar-refractivity contribution is 4.54. The van der Waals surface area contributed by atoms with E-state index < -0.39 is 0 Å². The Morgan fingerprint density at radius 3 is 2.20 bits per heavy atom. The van der Waals surface area contributed by atoms with Gasteiger partial charge in [-0.15, -0.1) is 0 Å². The Morgan fingerprint density at radius 1 is 1.13 bits per heavy atom. The van der Waals surface area contributed by atoms with Crippen LogP contribution in [-0.4, -0.2) is 60.7 Å². The van der Waals surface area contributed by atoms with E-state index in [1.165, 1.54) is 0 Å². The van der Waals surface area contributed by atoms with Crippen LogP contribution in [0.25, 0.3) is 0 Å². The van der Waals surface area contributed by atoms with E-state index in [-0.39, 0.29) is 19.3 Å². The average Bonchev–Trinajstić information content (AvgIpc) is 2.17. The predicted octanol–water partition coefficient (Wildman–Crippen LogP) is -0.866. The number of nitrogens with one attached hydrogen (secondary N) is 1. The summed E-state index contributed by atoms with van der Waals surface area (Å²) < 4.78 is 0. The molecule has 0 atom stereocenters. The Morgan fingerprint density at radius 2 is 1.73 bits per heavy atom. The zero-order chi connectivity index (χ0) is 11.5. The number of nitrogens with zero attached hydrogens (tertiary/aromatic N) is 1. The lowest BCUT2D eigenvalue weighted by atomic mass is 10.4. The molecule has 0 aromatic rings. The highest BCUT2D eigenvalue weighted by Crippen LogP contribution is 1.87. The van der Waals surface area contributed by atoms with Crippen molar-refractivity contribution in [3.8, 4) is 0 Å². The van der Waals surface area contributed by atoms with Crippen LogP contribution >= 0.6 is 0 Å². The minimum absolute atomic E-state index is 0.0657. The van der Waals surface area contributed by atoms with Gasteiger partial charge in [0, 0.05) is 19.6 Å². The molecule has 0 aromatic carbocycles. The van der Waals surface area contributed by atoms with Crippen molar-refractivity contribution in [2.24, 2.45) is 0 Å². The smallest absolute Gasteiger partial charge is 0.0836 e. The van der Waals surface area contributed by atoms with Crippen molar-refractivity contribution in [2.45, 2.75) is 20.0 Å². The molecule has 15 heavy (non-hydrogen) atoms. The minimum atomic E-state index is 0.0657. The average molecular weight is 222 g/mol. The predicted molar refractivity (Wildman–Crippen MR) is 55.9 cm³/mol. The topological polar surface area (TPSA) is 74.2 Å². The monoisotopic (exact) mass is 222 g/mol.